The minimum absolute atomic E-state index is 0.000986. The van der Waals surface area contributed by atoms with E-state index in [4.69, 9.17) is 11.5 Å². The largest absolute Gasteiger partial charge is 0.478 e. The van der Waals surface area contributed by atoms with Gasteiger partial charge in [0.15, 0.2) is 0 Å². The normalized spacial score (nSPS) is 10.6. The lowest BCUT2D eigenvalue weighted by molar-refractivity contribution is 0.0697. The van der Waals surface area contributed by atoms with E-state index in [1.165, 1.54) is 6.07 Å². The van der Waals surface area contributed by atoms with Crippen molar-refractivity contribution >= 4 is 23.3 Å². The van der Waals surface area contributed by atoms with Crippen molar-refractivity contribution in [2.24, 2.45) is 0 Å². The summed E-state index contributed by atoms with van der Waals surface area (Å²) in [5.41, 5.74) is 13.8. The average Bonchev–Trinajstić information content (AvgIpc) is 2.47. The number of nitrogen functional groups attached to an aromatic ring is 2. The molecule has 0 atom stereocenters. The summed E-state index contributed by atoms with van der Waals surface area (Å²) in [4.78, 5) is 23.4. The molecule has 0 spiro atoms. The maximum Gasteiger partial charge on any atom is 0.337 e. The molecule has 6 N–H and O–H groups in total. The van der Waals surface area contributed by atoms with E-state index >= 15 is 0 Å². The van der Waals surface area contributed by atoms with Gasteiger partial charge in [0, 0.05) is 17.2 Å². The van der Waals surface area contributed by atoms with Crippen LogP contribution in [0, 0.1) is 0 Å². The fraction of sp³-hybridized carbons (Fsp3) is 0.176. The first kappa shape index (κ1) is 16.4. The zero-order valence-corrected chi connectivity index (χ0v) is 13.0. The van der Waals surface area contributed by atoms with Gasteiger partial charge in [0.05, 0.1) is 22.5 Å². The number of carbonyl (C=O) groups excluding carboxylic acids is 1. The van der Waals surface area contributed by atoms with Crippen LogP contribution in [0.2, 0.25) is 0 Å². The van der Waals surface area contributed by atoms with E-state index in [0.717, 1.165) is 0 Å². The highest BCUT2D eigenvalue weighted by Crippen LogP contribution is 2.34. The van der Waals surface area contributed by atoms with Crippen LogP contribution in [0.15, 0.2) is 36.4 Å². The number of nitrogens with two attached hydrogens (primary N) is 2. The summed E-state index contributed by atoms with van der Waals surface area (Å²) in [7, 11) is 0. The quantitative estimate of drug-likeness (QED) is 0.646. The van der Waals surface area contributed by atoms with Crippen LogP contribution in [0.3, 0.4) is 0 Å². The molecule has 0 saturated heterocycles. The van der Waals surface area contributed by atoms with Gasteiger partial charge in [0.25, 0.3) is 5.91 Å². The van der Waals surface area contributed by atoms with E-state index < -0.39 is 5.97 Å². The van der Waals surface area contributed by atoms with Crippen molar-refractivity contribution in [3.63, 3.8) is 0 Å². The predicted octanol–water partition coefficient (Wildman–Crippen LogP) is 2.35. The molecule has 0 bridgehead atoms. The third-order valence-electron chi connectivity index (χ3n) is 3.40. The average molecular weight is 313 g/mol. The number of carboxylic acids is 1. The van der Waals surface area contributed by atoms with Crippen molar-refractivity contribution < 1.29 is 14.7 Å². The molecule has 1 amide bonds. The molecule has 0 heterocycles. The second-order valence-corrected chi connectivity index (χ2v) is 5.47. The Morgan fingerprint density at radius 2 is 1.43 bits per heavy atom. The highest BCUT2D eigenvalue weighted by molar-refractivity contribution is 6.05. The third kappa shape index (κ3) is 3.26. The molecule has 0 aliphatic rings. The van der Waals surface area contributed by atoms with Crippen LogP contribution in [-0.2, 0) is 0 Å². The Balaban J connectivity index is 2.56. The number of carbonyl (C=O) groups is 2. The van der Waals surface area contributed by atoms with Gasteiger partial charge in [-0.3, -0.25) is 4.79 Å². The van der Waals surface area contributed by atoms with Crippen molar-refractivity contribution in [3.05, 3.63) is 47.5 Å². The molecule has 6 nitrogen and oxygen atoms in total. The van der Waals surface area contributed by atoms with Gasteiger partial charge < -0.3 is 21.9 Å². The second-order valence-electron chi connectivity index (χ2n) is 5.47. The number of para-hydroxylation sites is 2. The SMILES string of the molecule is CC(C)NC(=O)c1cccc(-c2cccc(C(=O)O)c2N)c1N. The first-order valence-electron chi connectivity index (χ1n) is 7.14. The molecule has 0 saturated carbocycles. The molecular weight excluding hydrogens is 294 g/mol. The Kier molecular flexibility index (Phi) is 4.55. The van der Waals surface area contributed by atoms with Crippen LogP contribution >= 0.6 is 0 Å². The summed E-state index contributed by atoms with van der Waals surface area (Å²) in [5.74, 6) is -1.40. The molecule has 2 aromatic carbocycles. The van der Waals surface area contributed by atoms with E-state index in [0.29, 0.717) is 16.7 Å². The van der Waals surface area contributed by atoms with E-state index in [9.17, 15) is 14.7 Å². The van der Waals surface area contributed by atoms with Crippen LogP contribution in [0.4, 0.5) is 11.4 Å². The lowest BCUT2D eigenvalue weighted by Gasteiger charge is -2.15. The van der Waals surface area contributed by atoms with E-state index in [1.807, 2.05) is 13.8 Å². The first-order chi connectivity index (χ1) is 10.8. The van der Waals surface area contributed by atoms with Gasteiger partial charge in [-0.05, 0) is 26.0 Å². The highest BCUT2D eigenvalue weighted by Gasteiger charge is 2.18. The van der Waals surface area contributed by atoms with E-state index in [1.54, 1.807) is 30.3 Å². The predicted molar refractivity (Wildman–Crippen MR) is 90.3 cm³/mol. The molecule has 0 fully saturated rings. The van der Waals surface area contributed by atoms with Gasteiger partial charge in [-0.25, -0.2) is 4.79 Å². The van der Waals surface area contributed by atoms with Crippen LogP contribution < -0.4 is 16.8 Å². The lowest BCUT2D eigenvalue weighted by atomic mass is 9.96. The maximum absolute atomic E-state index is 12.2. The molecule has 23 heavy (non-hydrogen) atoms. The molecule has 0 radical (unpaired) electrons. The van der Waals surface area contributed by atoms with Crippen molar-refractivity contribution in [3.8, 4) is 11.1 Å². The van der Waals surface area contributed by atoms with Gasteiger partial charge >= 0.3 is 5.97 Å². The summed E-state index contributed by atoms with van der Waals surface area (Å²) in [6, 6.07) is 9.69. The molecule has 0 aliphatic carbocycles. The van der Waals surface area contributed by atoms with Crippen LogP contribution in [0.5, 0.6) is 0 Å². The van der Waals surface area contributed by atoms with Crippen molar-refractivity contribution in [1.82, 2.24) is 5.32 Å². The van der Waals surface area contributed by atoms with Gasteiger partial charge in [0.2, 0.25) is 0 Å². The highest BCUT2D eigenvalue weighted by atomic mass is 16.4. The Morgan fingerprint density at radius 1 is 0.957 bits per heavy atom. The van der Waals surface area contributed by atoms with Crippen molar-refractivity contribution in [2.75, 3.05) is 11.5 Å². The van der Waals surface area contributed by atoms with E-state index in [-0.39, 0.29) is 28.9 Å². The Bertz CT molecular complexity index is 770. The van der Waals surface area contributed by atoms with Gasteiger partial charge in [-0.1, -0.05) is 24.3 Å². The van der Waals surface area contributed by atoms with Crippen molar-refractivity contribution in [2.45, 2.75) is 19.9 Å². The van der Waals surface area contributed by atoms with Gasteiger partial charge in [-0.2, -0.15) is 0 Å². The Morgan fingerprint density at radius 3 is 1.91 bits per heavy atom. The zero-order valence-electron chi connectivity index (χ0n) is 13.0. The number of aromatic carboxylic acids is 1. The minimum Gasteiger partial charge on any atom is -0.478 e. The standard InChI is InChI=1S/C17H19N3O3/c1-9(2)20-16(21)12-7-3-5-10(14(12)18)11-6-4-8-13(15(11)19)17(22)23/h3-9H,18-19H2,1-2H3,(H,20,21)(H,22,23). The molecule has 2 rings (SSSR count). The Hall–Kier alpha value is -3.02. The number of amides is 1. The number of anilines is 2. The molecule has 6 heteroatoms. The first-order valence-corrected chi connectivity index (χ1v) is 7.14. The number of benzene rings is 2. The minimum atomic E-state index is -1.11. The maximum atomic E-state index is 12.2. The van der Waals surface area contributed by atoms with Gasteiger partial charge in [-0.15, -0.1) is 0 Å². The number of hydrogen-bond donors (Lipinski definition) is 4. The lowest BCUT2D eigenvalue weighted by Crippen LogP contribution is -2.30. The molecule has 0 unspecified atom stereocenters. The molecule has 120 valence electrons. The number of carboxylic acid groups (broad SMARTS) is 1. The number of nitrogens with one attached hydrogen (secondary N) is 1. The fourth-order valence-corrected chi connectivity index (χ4v) is 2.32. The zero-order chi connectivity index (χ0) is 17.1. The molecule has 2 aromatic rings. The van der Waals surface area contributed by atoms with Crippen LogP contribution in [-0.4, -0.2) is 23.0 Å². The number of hydrogen-bond acceptors (Lipinski definition) is 4. The fourth-order valence-electron chi connectivity index (χ4n) is 2.32. The molecule has 0 aliphatic heterocycles. The Labute approximate surface area is 134 Å². The molecular formula is C17H19N3O3. The van der Waals surface area contributed by atoms with Gasteiger partial charge in [0.1, 0.15) is 0 Å². The number of rotatable bonds is 4. The van der Waals surface area contributed by atoms with E-state index in [2.05, 4.69) is 5.32 Å². The summed E-state index contributed by atoms with van der Waals surface area (Å²) < 4.78 is 0. The summed E-state index contributed by atoms with van der Waals surface area (Å²) in [5, 5.41) is 12.0. The molecule has 0 aromatic heterocycles. The third-order valence-corrected chi connectivity index (χ3v) is 3.40. The monoisotopic (exact) mass is 313 g/mol. The summed E-state index contributed by atoms with van der Waals surface area (Å²) in [6.45, 7) is 3.71. The van der Waals surface area contributed by atoms with Crippen LogP contribution in [0.1, 0.15) is 34.6 Å². The second kappa shape index (κ2) is 6.39. The summed E-state index contributed by atoms with van der Waals surface area (Å²) >= 11 is 0. The van der Waals surface area contributed by atoms with Crippen LogP contribution in [0.25, 0.3) is 11.1 Å². The smallest absolute Gasteiger partial charge is 0.337 e. The summed E-state index contributed by atoms with van der Waals surface area (Å²) in [6.07, 6.45) is 0. The topological polar surface area (TPSA) is 118 Å². The van der Waals surface area contributed by atoms with Crippen molar-refractivity contribution in [1.29, 1.82) is 0 Å².